The highest BCUT2D eigenvalue weighted by molar-refractivity contribution is 5.76. The molecule has 65 heavy (non-hydrogen) atoms. The molecule has 0 saturated heterocycles. The molecule has 6 heteroatoms. The van der Waals surface area contributed by atoms with Crippen LogP contribution in [0.3, 0.4) is 0 Å². The maximum atomic E-state index is 12.4. The lowest BCUT2D eigenvalue weighted by molar-refractivity contribution is -0.143. The zero-order valence-electron chi connectivity index (χ0n) is 43.7. The Labute approximate surface area is 405 Å². The quantitative estimate of drug-likeness (QED) is 0.0321. The molecule has 0 bridgehead atoms. The van der Waals surface area contributed by atoms with Gasteiger partial charge in [0.1, 0.15) is 0 Å². The van der Waals surface area contributed by atoms with E-state index in [1.54, 1.807) is 0 Å². The van der Waals surface area contributed by atoms with Crippen LogP contribution in [0.2, 0.25) is 0 Å². The number of nitrogens with one attached hydrogen (secondary N) is 1. The summed E-state index contributed by atoms with van der Waals surface area (Å²) in [5.41, 5.74) is 0. The van der Waals surface area contributed by atoms with Crippen molar-refractivity contribution < 1.29 is 24.5 Å². The maximum Gasteiger partial charge on any atom is 0.305 e. The van der Waals surface area contributed by atoms with Gasteiger partial charge < -0.3 is 20.3 Å². The third-order valence-electron chi connectivity index (χ3n) is 13.5. The van der Waals surface area contributed by atoms with Gasteiger partial charge in [0.25, 0.3) is 0 Å². The molecule has 0 spiro atoms. The predicted molar refractivity (Wildman–Crippen MR) is 283 cm³/mol. The Morgan fingerprint density at radius 3 is 1.18 bits per heavy atom. The highest BCUT2D eigenvalue weighted by Crippen LogP contribution is 2.17. The second-order valence-corrected chi connectivity index (χ2v) is 20.0. The lowest BCUT2D eigenvalue weighted by Gasteiger charge is -2.22. The second kappa shape index (κ2) is 54.9. The monoisotopic (exact) mass is 916 g/mol. The minimum atomic E-state index is -0.664. The number of allylic oxidation sites excluding steroid dienone is 4. The zero-order chi connectivity index (χ0) is 47.2. The summed E-state index contributed by atoms with van der Waals surface area (Å²) in [5, 5.41) is 23.2. The number of amides is 1. The zero-order valence-corrected chi connectivity index (χ0v) is 43.7. The molecule has 0 aromatic heterocycles. The van der Waals surface area contributed by atoms with Crippen molar-refractivity contribution in [2.24, 2.45) is 0 Å². The van der Waals surface area contributed by atoms with Crippen LogP contribution >= 0.6 is 0 Å². The molecule has 0 aliphatic heterocycles. The normalized spacial score (nSPS) is 12.7. The number of aliphatic hydroxyl groups excluding tert-OH is 2. The Kier molecular flexibility index (Phi) is 53.5. The summed E-state index contributed by atoms with van der Waals surface area (Å²) in [6, 6.07) is -0.542. The van der Waals surface area contributed by atoms with Gasteiger partial charge in [-0.3, -0.25) is 9.59 Å². The molecule has 0 saturated carbocycles. The van der Waals surface area contributed by atoms with Crippen LogP contribution < -0.4 is 5.32 Å². The smallest absolute Gasteiger partial charge is 0.305 e. The van der Waals surface area contributed by atoms with Crippen molar-refractivity contribution in [3.05, 3.63) is 24.3 Å². The largest absolute Gasteiger partial charge is 0.466 e. The van der Waals surface area contributed by atoms with E-state index in [9.17, 15) is 19.8 Å². The Bertz CT molecular complexity index is 1010. The Hall–Kier alpha value is -1.66. The summed E-state index contributed by atoms with van der Waals surface area (Å²) in [6.07, 6.45) is 66.0. The molecular weight excluding hydrogens is 803 g/mol. The standard InChI is InChI=1S/C59H113NO5/c1-3-5-7-9-11-13-15-17-18-26-29-33-37-41-45-49-53-59(64)65-54-50-46-42-38-34-30-27-24-22-20-19-21-23-25-28-32-36-40-44-48-52-58(63)60-56(55-61)57(62)51-47-43-39-35-31-16-14-12-10-8-6-4-2/h13,15,18,26,56-57,61-62H,3-12,14,16-17,19-25,27-55H2,1-2H3,(H,60,63)/b15-13-,26-18-. The van der Waals surface area contributed by atoms with Crippen molar-refractivity contribution in [2.75, 3.05) is 13.2 Å². The fraction of sp³-hybridized carbons (Fsp3) is 0.898. The van der Waals surface area contributed by atoms with Crippen LogP contribution in [0, 0.1) is 0 Å². The van der Waals surface area contributed by atoms with Gasteiger partial charge in [-0.2, -0.15) is 0 Å². The van der Waals surface area contributed by atoms with Gasteiger partial charge in [-0.25, -0.2) is 0 Å². The van der Waals surface area contributed by atoms with Gasteiger partial charge in [-0.1, -0.05) is 269 Å². The van der Waals surface area contributed by atoms with E-state index < -0.39 is 12.1 Å². The molecule has 2 atom stereocenters. The van der Waals surface area contributed by atoms with E-state index in [-0.39, 0.29) is 18.5 Å². The van der Waals surface area contributed by atoms with Gasteiger partial charge in [0.2, 0.25) is 5.91 Å². The number of carbonyl (C=O) groups excluding carboxylic acids is 2. The number of hydrogen-bond acceptors (Lipinski definition) is 5. The number of unbranched alkanes of at least 4 members (excludes halogenated alkanes) is 39. The fourth-order valence-corrected chi connectivity index (χ4v) is 9.02. The molecule has 384 valence electrons. The molecule has 0 aliphatic rings. The van der Waals surface area contributed by atoms with Crippen molar-refractivity contribution in [1.82, 2.24) is 5.32 Å². The number of hydrogen-bond donors (Lipinski definition) is 3. The molecule has 0 heterocycles. The highest BCUT2D eigenvalue weighted by atomic mass is 16.5. The minimum Gasteiger partial charge on any atom is -0.466 e. The first kappa shape index (κ1) is 63.3. The van der Waals surface area contributed by atoms with Gasteiger partial charge in [-0.05, 0) is 57.8 Å². The van der Waals surface area contributed by atoms with Gasteiger partial charge in [0.05, 0.1) is 25.4 Å². The van der Waals surface area contributed by atoms with Gasteiger partial charge in [0, 0.05) is 12.8 Å². The van der Waals surface area contributed by atoms with E-state index in [4.69, 9.17) is 4.74 Å². The van der Waals surface area contributed by atoms with Crippen molar-refractivity contribution in [3.63, 3.8) is 0 Å². The van der Waals surface area contributed by atoms with Crippen LogP contribution in [0.5, 0.6) is 0 Å². The molecule has 2 unspecified atom stereocenters. The molecule has 3 N–H and O–H groups in total. The van der Waals surface area contributed by atoms with Crippen LogP contribution in [-0.2, 0) is 14.3 Å². The number of aliphatic hydroxyl groups is 2. The number of rotatable bonds is 54. The maximum absolute atomic E-state index is 12.4. The van der Waals surface area contributed by atoms with E-state index in [2.05, 4.69) is 43.5 Å². The summed E-state index contributed by atoms with van der Waals surface area (Å²) in [7, 11) is 0. The molecular formula is C59H113NO5. The predicted octanol–water partition coefficient (Wildman–Crippen LogP) is 17.9. The second-order valence-electron chi connectivity index (χ2n) is 20.0. The lowest BCUT2D eigenvalue weighted by atomic mass is 10.0. The van der Waals surface area contributed by atoms with E-state index in [0.29, 0.717) is 25.9 Å². The lowest BCUT2D eigenvalue weighted by Crippen LogP contribution is -2.45. The van der Waals surface area contributed by atoms with Crippen molar-refractivity contribution in [3.8, 4) is 0 Å². The van der Waals surface area contributed by atoms with E-state index in [1.807, 2.05) is 0 Å². The van der Waals surface area contributed by atoms with E-state index in [1.165, 1.54) is 231 Å². The SMILES string of the molecule is CCCCCC/C=C\C/C=C\CCCCCCCC(=O)OCCCCCCCCCCCCCCCCCCCCCCC(=O)NC(CO)C(O)CCCCCCCCCCCCCC. The van der Waals surface area contributed by atoms with Gasteiger partial charge >= 0.3 is 5.97 Å². The molecule has 0 radical (unpaired) electrons. The first-order valence-electron chi connectivity index (χ1n) is 29.1. The number of esters is 1. The molecule has 0 aliphatic carbocycles. The van der Waals surface area contributed by atoms with Crippen LogP contribution in [0.1, 0.15) is 316 Å². The Morgan fingerprint density at radius 2 is 0.769 bits per heavy atom. The summed E-state index contributed by atoms with van der Waals surface area (Å²) < 4.78 is 5.48. The molecule has 0 aromatic carbocycles. The highest BCUT2D eigenvalue weighted by Gasteiger charge is 2.20. The summed E-state index contributed by atoms with van der Waals surface area (Å²) in [4.78, 5) is 24.5. The minimum absolute atomic E-state index is 0.00271. The summed E-state index contributed by atoms with van der Waals surface area (Å²) in [6.45, 7) is 4.93. The molecule has 0 fully saturated rings. The molecule has 0 rings (SSSR count). The average Bonchev–Trinajstić information content (AvgIpc) is 3.31. The van der Waals surface area contributed by atoms with Crippen LogP contribution in [0.15, 0.2) is 24.3 Å². The van der Waals surface area contributed by atoms with Crippen molar-refractivity contribution in [2.45, 2.75) is 328 Å². The van der Waals surface area contributed by atoms with Crippen LogP contribution in [-0.4, -0.2) is 47.4 Å². The first-order chi connectivity index (χ1) is 32.0. The average molecular weight is 917 g/mol. The third-order valence-corrected chi connectivity index (χ3v) is 13.5. The molecule has 1 amide bonds. The van der Waals surface area contributed by atoms with Crippen LogP contribution in [0.4, 0.5) is 0 Å². The van der Waals surface area contributed by atoms with Gasteiger partial charge in [-0.15, -0.1) is 0 Å². The Morgan fingerprint density at radius 1 is 0.431 bits per heavy atom. The van der Waals surface area contributed by atoms with Crippen LogP contribution in [0.25, 0.3) is 0 Å². The van der Waals surface area contributed by atoms with Crippen molar-refractivity contribution in [1.29, 1.82) is 0 Å². The molecule has 0 aromatic rings. The van der Waals surface area contributed by atoms with E-state index in [0.717, 1.165) is 51.4 Å². The summed E-state index contributed by atoms with van der Waals surface area (Å²) in [5.74, 6) is -0.0396. The van der Waals surface area contributed by atoms with Gasteiger partial charge in [0.15, 0.2) is 0 Å². The summed E-state index contributed by atoms with van der Waals surface area (Å²) >= 11 is 0. The number of ether oxygens (including phenoxy) is 1. The third kappa shape index (κ3) is 51.6. The first-order valence-corrected chi connectivity index (χ1v) is 29.1. The Balaban J connectivity index is 3.38. The van der Waals surface area contributed by atoms with E-state index >= 15 is 0 Å². The topological polar surface area (TPSA) is 95.9 Å². The van der Waals surface area contributed by atoms with Crippen molar-refractivity contribution >= 4 is 11.9 Å². The molecule has 6 nitrogen and oxygen atoms in total. The fourth-order valence-electron chi connectivity index (χ4n) is 9.02. The number of carbonyl (C=O) groups is 2.